The van der Waals surface area contributed by atoms with Gasteiger partial charge in [0.05, 0.1) is 22.7 Å². The first kappa shape index (κ1) is 34.5. The van der Waals surface area contributed by atoms with Gasteiger partial charge in [-0.2, -0.15) is 5.26 Å². The maximum Gasteiger partial charge on any atom is 0.0998 e. The lowest BCUT2D eigenvalue weighted by Gasteiger charge is -2.40. The molecule has 8 aromatic rings. The van der Waals surface area contributed by atoms with Gasteiger partial charge in [-0.25, -0.2) is 0 Å². The van der Waals surface area contributed by atoms with Gasteiger partial charge < -0.3 is 0 Å². The van der Waals surface area contributed by atoms with Crippen LogP contribution in [0.1, 0.15) is 51.4 Å². The number of fused-ring (bicyclic) bond motifs is 10. The number of rotatable bonds is 6. The molecule has 3 heteroatoms. The molecule has 1 aliphatic heterocycles. The summed E-state index contributed by atoms with van der Waals surface area (Å²) in [5.74, 6) is 0. The summed E-state index contributed by atoms with van der Waals surface area (Å²) in [4.78, 5) is 7.87. The summed E-state index contributed by atoms with van der Waals surface area (Å²) in [7, 11) is 0. The van der Waals surface area contributed by atoms with Crippen LogP contribution in [0.25, 0.3) is 44.3 Å². The van der Waals surface area contributed by atoms with Crippen LogP contribution < -0.4 is 0 Å². The van der Waals surface area contributed by atoms with Crippen LogP contribution in [-0.2, 0) is 5.41 Å². The van der Waals surface area contributed by atoms with E-state index in [0.717, 1.165) is 55.6 Å². The average molecular weight is 745 g/mol. The Labute approximate surface area is 337 Å². The Kier molecular flexibility index (Phi) is 8.44. The minimum Gasteiger partial charge on any atom is -0.252 e. The number of hydrogen-bond donors (Lipinski definition) is 0. The fourth-order valence-electron chi connectivity index (χ4n) is 8.88. The van der Waals surface area contributed by atoms with Crippen molar-refractivity contribution < 1.29 is 0 Å². The minimum atomic E-state index is -0.600. The molecule has 0 saturated heterocycles. The Morgan fingerprint density at radius 1 is 0.561 bits per heavy atom. The zero-order valence-electron chi connectivity index (χ0n) is 31.4. The number of allylic oxidation sites excluding steroid dienone is 2. The van der Waals surface area contributed by atoms with E-state index in [4.69, 9.17) is 4.99 Å². The third-order valence-corrected chi connectivity index (χ3v) is 12.7. The van der Waals surface area contributed by atoms with E-state index in [9.17, 15) is 5.26 Å². The first-order chi connectivity index (χ1) is 28.0. The third-order valence-electron chi connectivity index (χ3n) is 11.5. The lowest BCUT2D eigenvalue weighted by Crippen LogP contribution is -2.32. The van der Waals surface area contributed by atoms with E-state index in [0.29, 0.717) is 5.56 Å². The van der Waals surface area contributed by atoms with Crippen molar-refractivity contribution in [2.24, 2.45) is 4.99 Å². The van der Waals surface area contributed by atoms with Crippen molar-refractivity contribution in [3.8, 4) is 28.3 Å². The van der Waals surface area contributed by atoms with Gasteiger partial charge in [-0.15, -0.1) is 0 Å². The molecule has 0 atom stereocenters. The van der Waals surface area contributed by atoms with Gasteiger partial charge in [-0.3, -0.25) is 4.99 Å². The highest BCUT2D eigenvalue weighted by molar-refractivity contribution is 7.99. The fraction of sp³-hybridized carbons (Fsp3) is 0.0370. The van der Waals surface area contributed by atoms with Crippen LogP contribution in [0.4, 0.5) is 0 Å². The van der Waals surface area contributed by atoms with Crippen molar-refractivity contribution in [1.82, 2.24) is 0 Å². The van der Waals surface area contributed by atoms with Gasteiger partial charge in [0, 0.05) is 26.5 Å². The van der Waals surface area contributed by atoms with Gasteiger partial charge in [0.1, 0.15) is 0 Å². The zero-order valence-corrected chi connectivity index (χ0v) is 32.2. The third kappa shape index (κ3) is 5.60. The van der Waals surface area contributed by atoms with Gasteiger partial charge in [0.2, 0.25) is 0 Å². The van der Waals surface area contributed by atoms with E-state index >= 15 is 0 Å². The van der Waals surface area contributed by atoms with Crippen LogP contribution in [0, 0.1) is 11.3 Å². The molecule has 0 unspecified atom stereocenters. The van der Waals surface area contributed by atoms with Crippen molar-refractivity contribution in [1.29, 1.82) is 5.26 Å². The molecule has 1 heterocycles. The summed E-state index contributed by atoms with van der Waals surface area (Å²) in [5.41, 5.74) is 15.6. The van der Waals surface area contributed by atoms with Gasteiger partial charge >= 0.3 is 0 Å². The zero-order chi connectivity index (χ0) is 38.5. The van der Waals surface area contributed by atoms with Gasteiger partial charge in [0.25, 0.3) is 0 Å². The van der Waals surface area contributed by atoms with E-state index in [1.807, 2.05) is 54.2 Å². The van der Waals surface area contributed by atoms with Crippen LogP contribution in [0.2, 0.25) is 0 Å². The number of nitriles is 1. The number of aliphatic imine (C=N–C) groups is 1. The maximum atomic E-state index is 9.98. The Balaban J connectivity index is 1.25. The quantitative estimate of drug-likeness (QED) is 0.126. The summed E-state index contributed by atoms with van der Waals surface area (Å²) in [5, 5.41) is 12.0. The van der Waals surface area contributed by atoms with E-state index in [1.165, 1.54) is 43.2 Å². The summed E-state index contributed by atoms with van der Waals surface area (Å²) >= 11 is 1.85. The Hall–Kier alpha value is -6.99. The fourth-order valence-corrected chi connectivity index (χ4v) is 10.1. The van der Waals surface area contributed by atoms with E-state index in [1.54, 1.807) is 0 Å². The molecule has 0 radical (unpaired) electrons. The molecule has 8 aromatic carbocycles. The van der Waals surface area contributed by atoms with E-state index < -0.39 is 5.41 Å². The number of nitrogens with zero attached hydrogens (tertiary/aromatic N) is 2. The molecule has 0 amide bonds. The van der Waals surface area contributed by atoms with Gasteiger partial charge in [-0.05, 0) is 110 Å². The standard InChI is InChI=1S/C54H36N2S/c1-35(37-15-5-3-6-16-37)31-51(56-36(2)38-17-7-4-8-18-38)40-26-30-46-45-29-25-39(43-28-27-41(34-55)42-19-9-10-20-44(42)43)32-49(45)54(50(46)33-40)47-21-11-13-23-52(47)57-53-24-14-12-22-48(53)54/h3-33H,1H2,2H3/b51-31-,56-36?. The Morgan fingerprint density at radius 3 is 1.81 bits per heavy atom. The first-order valence-corrected chi connectivity index (χ1v) is 20.0. The highest BCUT2D eigenvalue weighted by atomic mass is 32.2. The number of benzene rings is 8. The van der Waals surface area contributed by atoms with Gasteiger partial charge in [-0.1, -0.05) is 170 Å². The molecule has 1 aliphatic carbocycles. The van der Waals surface area contributed by atoms with Crippen molar-refractivity contribution in [3.05, 3.63) is 239 Å². The second-order valence-electron chi connectivity index (χ2n) is 14.7. The molecule has 1 spiro atoms. The van der Waals surface area contributed by atoms with Crippen LogP contribution in [0.5, 0.6) is 0 Å². The topological polar surface area (TPSA) is 36.1 Å². The molecule has 0 aromatic heterocycles. The molecule has 268 valence electrons. The molecule has 0 fully saturated rings. The SMILES string of the molecule is C=C(/C=C(\N=C(C)c1ccccc1)c1ccc2c(c1)C1(c3ccccc3Sc3ccccc31)c1cc(-c3ccc(C#N)c4ccccc34)ccc1-2)c1ccccc1. The van der Waals surface area contributed by atoms with Crippen LogP contribution in [0.3, 0.4) is 0 Å². The van der Waals surface area contributed by atoms with E-state index in [2.05, 4.69) is 165 Å². The largest absolute Gasteiger partial charge is 0.252 e. The van der Waals surface area contributed by atoms with Crippen molar-refractivity contribution in [2.75, 3.05) is 0 Å². The van der Waals surface area contributed by atoms with Gasteiger partial charge in [0.15, 0.2) is 0 Å². The average Bonchev–Trinajstić information content (AvgIpc) is 3.55. The molecule has 0 bridgehead atoms. The monoisotopic (exact) mass is 744 g/mol. The summed E-state index contributed by atoms with van der Waals surface area (Å²) < 4.78 is 0. The highest BCUT2D eigenvalue weighted by Crippen LogP contribution is 2.63. The summed E-state index contributed by atoms with van der Waals surface area (Å²) in [6.45, 7) is 6.60. The Bertz CT molecular complexity index is 2970. The maximum absolute atomic E-state index is 9.98. The van der Waals surface area contributed by atoms with Crippen LogP contribution in [-0.4, -0.2) is 5.71 Å². The summed E-state index contributed by atoms with van der Waals surface area (Å²) in [6, 6.07) is 67.1. The second-order valence-corrected chi connectivity index (χ2v) is 15.8. The van der Waals surface area contributed by atoms with Crippen LogP contribution in [0.15, 0.2) is 209 Å². The molecule has 57 heavy (non-hydrogen) atoms. The molecule has 0 N–H and O–H groups in total. The van der Waals surface area contributed by atoms with Crippen molar-refractivity contribution in [3.63, 3.8) is 0 Å². The minimum absolute atomic E-state index is 0.600. The predicted molar refractivity (Wildman–Crippen MR) is 238 cm³/mol. The predicted octanol–water partition coefficient (Wildman–Crippen LogP) is 13.8. The number of hydrogen-bond acceptors (Lipinski definition) is 3. The Morgan fingerprint density at radius 2 is 1.12 bits per heavy atom. The molecule has 2 aliphatic rings. The van der Waals surface area contributed by atoms with E-state index in [-0.39, 0.29) is 0 Å². The molecule has 10 rings (SSSR count). The molecule has 2 nitrogen and oxygen atoms in total. The highest BCUT2D eigenvalue weighted by Gasteiger charge is 2.50. The first-order valence-electron chi connectivity index (χ1n) is 19.2. The smallest absolute Gasteiger partial charge is 0.0998 e. The molecular weight excluding hydrogens is 709 g/mol. The normalized spacial score (nSPS) is 13.7. The molecular formula is C54H36N2S. The lowest BCUT2D eigenvalue weighted by molar-refractivity contribution is 0.722. The molecule has 0 saturated carbocycles. The second kappa shape index (κ2) is 13.9. The van der Waals surface area contributed by atoms with Crippen LogP contribution >= 0.6 is 11.8 Å². The lowest BCUT2D eigenvalue weighted by atomic mass is 9.67. The van der Waals surface area contributed by atoms with Crippen molar-refractivity contribution >= 4 is 39.5 Å². The summed E-state index contributed by atoms with van der Waals surface area (Å²) in [6.07, 6.45) is 2.13. The van der Waals surface area contributed by atoms with Crippen molar-refractivity contribution in [2.45, 2.75) is 22.1 Å².